The molecule has 1 aromatic rings. The van der Waals surface area contributed by atoms with Crippen molar-refractivity contribution in [1.29, 1.82) is 0 Å². The molecule has 0 aromatic heterocycles. The summed E-state index contributed by atoms with van der Waals surface area (Å²) >= 11 is 3.25. The van der Waals surface area contributed by atoms with Gasteiger partial charge in [-0.25, -0.2) is 0 Å². The Kier molecular flexibility index (Phi) is 5.58. The van der Waals surface area contributed by atoms with Gasteiger partial charge in [-0.1, -0.05) is 35.7 Å². The number of hydrogen-bond acceptors (Lipinski definition) is 1. The third kappa shape index (κ3) is 4.63. The molecule has 1 N–H and O–H groups in total. The van der Waals surface area contributed by atoms with Crippen LogP contribution in [0.3, 0.4) is 0 Å². The largest absolute Gasteiger partial charge is 0.418 e. The minimum atomic E-state index is -4.32. The summed E-state index contributed by atoms with van der Waals surface area (Å²) in [5.41, 5.74) is -0.391. The lowest BCUT2D eigenvalue weighted by atomic mass is 9.83. The van der Waals surface area contributed by atoms with Gasteiger partial charge in [0.25, 0.3) is 0 Å². The maximum Gasteiger partial charge on any atom is 0.418 e. The van der Waals surface area contributed by atoms with E-state index < -0.39 is 11.7 Å². The minimum absolute atomic E-state index is 0.147. The summed E-state index contributed by atoms with van der Waals surface area (Å²) in [5, 5.41) is 3.11. The molecule has 118 valence electrons. The summed E-state index contributed by atoms with van der Waals surface area (Å²) in [4.78, 5) is 0. The van der Waals surface area contributed by atoms with Crippen LogP contribution in [0, 0.1) is 5.92 Å². The van der Waals surface area contributed by atoms with E-state index in [0.29, 0.717) is 4.47 Å². The van der Waals surface area contributed by atoms with E-state index >= 15 is 0 Å². The molecule has 1 fully saturated rings. The summed E-state index contributed by atoms with van der Waals surface area (Å²) in [7, 11) is 0. The molecule has 21 heavy (non-hydrogen) atoms. The normalized spacial score (nSPS) is 23.1. The topological polar surface area (TPSA) is 12.0 Å². The molecule has 5 heteroatoms. The monoisotopic (exact) mass is 363 g/mol. The fourth-order valence-electron chi connectivity index (χ4n) is 3.11. The molecule has 1 aliphatic rings. The quantitative estimate of drug-likeness (QED) is 0.667. The Balaban J connectivity index is 2.05. The number of benzene rings is 1. The van der Waals surface area contributed by atoms with E-state index in [1.54, 1.807) is 0 Å². The van der Waals surface area contributed by atoms with Gasteiger partial charge in [-0.2, -0.15) is 13.2 Å². The first-order chi connectivity index (χ1) is 9.90. The van der Waals surface area contributed by atoms with Gasteiger partial charge in [0, 0.05) is 16.2 Å². The van der Waals surface area contributed by atoms with E-state index in [1.165, 1.54) is 25.0 Å². The average molecular weight is 364 g/mol. The number of anilines is 1. The zero-order valence-corrected chi connectivity index (χ0v) is 13.7. The molecule has 0 atom stereocenters. The molecule has 0 heterocycles. The van der Waals surface area contributed by atoms with Crippen LogP contribution in [0.25, 0.3) is 0 Å². The molecule has 1 nitrogen and oxygen atoms in total. The smallest absolute Gasteiger partial charge is 0.382 e. The lowest BCUT2D eigenvalue weighted by molar-refractivity contribution is -0.137. The highest BCUT2D eigenvalue weighted by molar-refractivity contribution is 9.10. The molecule has 0 spiro atoms. The van der Waals surface area contributed by atoms with Crippen LogP contribution in [-0.4, -0.2) is 6.04 Å². The van der Waals surface area contributed by atoms with Crippen molar-refractivity contribution >= 4 is 21.6 Å². The lowest BCUT2D eigenvalue weighted by Crippen LogP contribution is -2.27. The Morgan fingerprint density at radius 2 is 1.86 bits per heavy atom. The van der Waals surface area contributed by atoms with Gasteiger partial charge in [0.05, 0.1) is 5.56 Å². The van der Waals surface area contributed by atoms with Crippen molar-refractivity contribution in [2.24, 2.45) is 5.92 Å². The van der Waals surface area contributed by atoms with E-state index in [9.17, 15) is 13.2 Å². The van der Waals surface area contributed by atoms with Gasteiger partial charge >= 0.3 is 6.18 Å². The van der Waals surface area contributed by atoms with Crippen LogP contribution in [0.1, 0.15) is 51.0 Å². The number of nitrogens with one attached hydrogen (secondary N) is 1. The van der Waals surface area contributed by atoms with Gasteiger partial charge in [-0.15, -0.1) is 0 Å². The summed E-state index contributed by atoms with van der Waals surface area (Å²) in [6.07, 6.45) is 2.23. The summed E-state index contributed by atoms with van der Waals surface area (Å²) in [6.45, 7) is 2.18. The van der Waals surface area contributed by atoms with E-state index in [0.717, 1.165) is 37.7 Å². The molecular formula is C16H21BrF3N. The average Bonchev–Trinajstić information content (AvgIpc) is 2.40. The van der Waals surface area contributed by atoms with Crippen LogP contribution in [0.15, 0.2) is 22.7 Å². The van der Waals surface area contributed by atoms with Crippen LogP contribution < -0.4 is 5.32 Å². The van der Waals surface area contributed by atoms with Crippen LogP contribution in [0.2, 0.25) is 0 Å². The molecular weight excluding hydrogens is 343 g/mol. The number of alkyl halides is 3. The van der Waals surface area contributed by atoms with Gasteiger partial charge in [-0.3, -0.25) is 0 Å². The molecule has 2 rings (SSSR count). The Hall–Kier alpha value is -0.710. The Morgan fingerprint density at radius 1 is 1.19 bits per heavy atom. The third-order valence-corrected chi connectivity index (χ3v) is 4.68. The standard InChI is InChI=1S/C16H21BrF3N/c1-2-3-11-4-7-13(8-5-11)21-15-10-12(17)6-9-14(15)16(18,19)20/h6,9-11,13,21H,2-5,7-8H2,1H3. The summed E-state index contributed by atoms with van der Waals surface area (Å²) < 4.78 is 39.8. The van der Waals surface area contributed by atoms with Gasteiger partial charge < -0.3 is 5.32 Å². The highest BCUT2D eigenvalue weighted by Crippen LogP contribution is 2.38. The predicted molar refractivity (Wildman–Crippen MR) is 83.4 cm³/mol. The molecule has 0 amide bonds. The van der Waals surface area contributed by atoms with Gasteiger partial charge in [0.2, 0.25) is 0 Å². The first-order valence-electron chi connectivity index (χ1n) is 7.53. The minimum Gasteiger partial charge on any atom is -0.382 e. The Bertz CT molecular complexity index is 465. The van der Waals surface area contributed by atoms with Crippen LogP contribution in [0.5, 0.6) is 0 Å². The SMILES string of the molecule is CCCC1CCC(Nc2cc(Br)ccc2C(F)(F)F)CC1. The van der Waals surface area contributed by atoms with Crippen molar-refractivity contribution in [3.8, 4) is 0 Å². The highest BCUT2D eigenvalue weighted by Gasteiger charge is 2.34. The molecule has 0 aliphatic heterocycles. The second-order valence-electron chi connectivity index (χ2n) is 5.84. The zero-order valence-electron chi connectivity index (χ0n) is 12.1. The molecule has 1 saturated carbocycles. The van der Waals surface area contributed by atoms with Crippen molar-refractivity contribution in [1.82, 2.24) is 0 Å². The Labute approximate surface area is 132 Å². The second-order valence-corrected chi connectivity index (χ2v) is 6.75. The van der Waals surface area contributed by atoms with Crippen molar-refractivity contribution < 1.29 is 13.2 Å². The van der Waals surface area contributed by atoms with E-state index in [2.05, 4.69) is 28.2 Å². The molecule has 1 aromatic carbocycles. The summed E-state index contributed by atoms with van der Waals surface area (Å²) in [6, 6.07) is 4.25. The van der Waals surface area contributed by atoms with E-state index in [1.807, 2.05) is 0 Å². The van der Waals surface area contributed by atoms with Crippen molar-refractivity contribution in [3.63, 3.8) is 0 Å². The fourth-order valence-corrected chi connectivity index (χ4v) is 3.47. The maximum atomic E-state index is 13.0. The third-order valence-electron chi connectivity index (χ3n) is 4.19. The van der Waals surface area contributed by atoms with Gasteiger partial charge in [0.15, 0.2) is 0 Å². The Morgan fingerprint density at radius 3 is 2.43 bits per heavy atom. The van der Waals surface area contributed by atoms with Crippen molar-refractivity contribution in [2.45, 2.75) is 57.7 Å². The molecule has 1 aliphatic carbocycles. The van der Waals surface area contributed by atoms with Gasteiger partial charge in [-0.05, 0) is 49.8 Å². The number of halogens is 4. The van der Waals surface area contributed by atoms with Crippen molar-refractivity contribution in [3.05, 3.63) is 28.2 Å². The van der Waals surface area contributed by atoms with E-state index in [-0.39, 0.29) is 11.7 Å². The number of rotatable bonds is 4. The highest BCUT2D eigenvalue weighted by atomic mass is 79.9. The predicted octanol–water partition coefficient (Wildman–Crippen LogP) is 6.24. The van der Waals surface area contributed by atoms with E-state index in [4.69, 9.17) is 0 Å². The van der Waals surface area contributed by atoms with Crippen LogP contribution in [-0.2, 0) is 6.18 Å². The van der Waals surface area contributed by atoms with Gasteiger partial charge in [0.1, 0.15) is 0 Å². The molecule has 0 unspecified atom stereocenters. The maximum absolute atomic E-state index is 13.0. The first kappa shape index (κ1) is 16.7. The first-order valence-corrected chi connectivity index (χ1v) is 8.32. The molecule has 0 saturated heterocycles. The fraction of sp³-hybridized carbons (Fsp3) is 0.625. The van der Waals surface area contributed by atoms with Crippen molar-refractivity contribution in [2.75, 3.05) is 5.32 Å². The van der Waals surface area contributed by atoms with Crippen LogP contribution >= 0.6 is 15.9 Å². The zero-order chi connectivity index (χ0) is 15.5. The second kappa shape index (κ2) is 7.03. The number of hydrogen-bond donors (Lipinski definition) is 1. The summed E-state index contributed by atoms with van der Waals surface area (Å²) in [5.74, 6) is 0.748. The van der Waals surface area contributed by atoms with Crippen LogP contribution in [0.4, 0.5) is 18.9 Å². The lowest BCUT2D eigenvalue weighted by Gasteiger charge is -2.30. The molecule has 0 radical (unpaired) electrons. The molecule has 0 bridgehead atoms.